The Morgan fingerprint density at radius 3 is 1.69 bits per heavy atom. The zero-order valence-corrected chi connectivity index (χ0v) is 24.7. The fourth-order valence-electron chi connectivity index (χ4n) is 5.21. The third kappa shape index (κ3) is 7.65. The number of rotatable bonds is 11. The molecule has 1 nitrogen and oxygen atoms in total. The summed E-state index contributed by atoms with van der Waals surface area (Å²) < 4.78 is 0. The quantitative estimate of drug-likeness (QED) is 0.149. The largest absolute Gasteiger partial charge is 0.310 e. The molecule has 0 saturated carbocycles. The Balaban J connectivity index is 1.36. The first-order valence-corrected chi connectivity index (χ1v) is 14.9. The van der Waals surface area contributed by atoms with Crippen LogP contribution in [-0.4, -0.2) is 0 Å². The standard InChI is InChI=1S/C41H39N/c1-3-38-24-14-15-33(2)41(38)42(39-29-25-36(26-30-39)22-12-10-20-34-16-6-4-7-17-34)40-31-27-37(28-32-40)23-13-11-21-35-18-8-5-9-19-35/h4-10,12-20,22-32H,3,11,21H2,1-2H3/b20-10+,22-12+,23-13+. The predicted octanol–water partition coefficient (Wildman–Crippen LogP) is 11.4. The lowest BCUT2D eigenvalue weighted by Gasteiger charge is -2.29. The van der Waals surface area contributed by atoms with Gasteiger partial charge in [-0.3, -0.25) is 0 Å². The van der Waals surface area contributed by atoms with Gasteiger partial charge in [-0.15, -0.1) is 0 Å². The number of para-hydroxylation sites is 1. The number of hydrogen-bond donors (Lipinski definition) is 0. The van der Waals surface area contributed by atoms with Gasteiger partial charge in [-0.2, -0.15) is 0 Å². The summed E-state index contributed by atoms with van der Waals surface area (Å²) in [4.78, 5) is 2.40. The number of hydrogen-bond acceptors (Lipinski definition) is 1. The second-order valence-electron chi connectivity index (χ2n) is 10.5. The van der Waals surface area contributed by atoms with Crippen LogP contribution >= 0.6 is 0 Å². The Kier molecular flexibility index (Phi) is 10.00. The van der Waals surface area contributed by atoms with E-state index in [1.807, 2.05) is 6.07 Å². The molecule has 5 aromatic rings. The predicted molar refractivity (Wildman–Crippen MR) is 184 cm³/mol. The van der Waals surface area contributed by atoms with Crippen LogP contribution in [0.5, 0.6) is 0 Å². The zero-order valence-electron chi connectivity index (χ0n) is 24.7. The van der Waals surface area contributed by atoms with Crippen LogP contribution in [0, 0.1) is 6.92 Å². The van der Waals surface area contributed by atoms with Crippen LogP contribution in [0.2, 0.25) is 0 Å². The average Bonchev–Trinajstić information content (AvgIpc) is 3.04. The molecule has 0 fully saturated rings. The first-order chi connectivity index (χ1) is 20.7. The third-order valence-corrected chi connectivity index (χ3v) is 7.47. The summed E-state index contributed by atoms with van der Waals surface area (Å²) in [5.41, 5.74) is 11.2. The van der Waals surface area contributed by atoms with E-state index in [1.54, 1.807) is 0 Å². The molecular formula is C41H39N. The number of benzene rings is 5. The fourth-order valence-corrected chi connectivity index (χ4v) is 5.21. The normalized spacial score (nSPS) is 11.6. The van der Waals surface area contributed by atoms with Crippen molar-refractivity contribution in [3.8, 4) is 0 Å². The summed E-state index contributed by atoms with van der Waals surface area (Å²) in [7, 11) is 0. The summed E-state index contributed by atoms with van der Waals surface area (Å²) in [6, 6.07) is 45.4. The molecule has 0 atom stereocenters. The van der Waals surface area contributed by atoms with Gasteiger partial charge in [0.1, 0.15) is 0 Å². The lowest BCUT2D eigenvalue weighted by molar-refractivity contribution is 1.01. The molecule has 0 radical (unpaired) electrons. The maximum Gasteiger partial charge on any atom is 0.0522 e. The van der Waals surface area contributed by atoms with Crippen molar-refractivity contribution in [2.75, 3.05) is 4.90 Å². The zero-order chi connectivity index (χ0) is 29.0. The van der Waals surface area contributed by atoms with Crippen molar-refractivity contribution in [3.05, 3.63) is 179 Å². The number of nitrogens with zero attached hydrogens (tertiary/aromatic N) is 1. The number of aryl methyl sites for hydroxylation is 3. The van der Waals surface area contributed by atoms with Gasteiger partial charge in [-0.25, -0.2) is 0 Å². The molecule has 0 spiro atoms. The molecule has 0 amide bonds. The topological polar surface area (TPSA) is 3.24 Å². The van der Waals surface area contributed by atoms with Crippen molar-refractivity contribution >= 4 is 35.3 Å². The molecule has 1 heteroatoms. The van der Waals surface area contributed by atoms with Crippen molar-refractivity contribution in [2.24, 2.45) is 0 Å². The van der Waals surface area contributed by atoms with Crippen LogP contribution in [0.3, 0.4) is 0 Å². The molecule has 0 heterocycles. The summed E-state index contributed by atoms with van der Waals surface area (Å²) in [6.07, 6.45) is 16.0. The Bertz CT molecular complexity index is 1620. The molecule has 0 aliphatic heterocycles. The highest BCUT2D eigenvalue weighted by Gasteiger charge is 2.17. The molecular weight excluding hydrogens is 506 g/mol. The van der Waals surface area contributed by atoms with E-state index in [1.165, 1.54) is 39.1 Å². The minimum atomic E-state index is 0.977. The van der Waals surface area contributed by atoms with Gasteiger partial charge in [0, 0.05) is 11.4 Å². The molecule has 0 N–H and O–H groups in total. The van der Waals surface area contributed by atoms with Crippen molar-refractivity contribution in [1.29, 1.82) is 0 Å². The van der Waals surface area contributed by atoms with Crippen molar-refractivity contribution in [3.63, 3.8) is 0 Å². The van der Waals surface area contributed by atoms with Crippen LogP contribution in [-0.2, 0) is 12.8 Å². The van der Waals surface area contributed by atoms with Crippen LogP contribution in [0.1, 0.15) is 46.7 Å². The minimum absolute atomic E-state index is 0.977. The van der Waals surface area contributed by atoms with Crippen LogP contribution in [0.4, 0.5) is 17.1 Å². The molecule has 0 saturated heterocycles. The molecule has 0 unspecified atom stereocenters. The van der Waals surface area contributed by atoms with Gasteiger partial charge in [-0.05, 0) is 83.8 Å². The third-order valence-electron chi connectivity index (χ3n) is 7.47. The highest BCUT2D eigenvalue weighted by atomic mass is 15.1. The van der Waals surface area contributed by atoms with Crippen LogP contribution in [0.25, 0.3) is 18.2 Å². The van der Waals surface area contributed by atoms with E-state index in [0.29, 0.717) is 0 Å². The highest BCUT2D eigenvalue weighted by molar-refractivity contribution is 5.81. The van der Waals surface area contributed by atoms with E-state index < -0.39 is 0 Å². The average molecular weight is 546 g/mol. The molecule has 208 valence electrons. The smallest absolute Gasteiger partial charge is 0.0522 e. The van der Waals surface area contributed by atoms with E-state index in [4.69, 9.17) is 0 Å². The van der Waals surface area contributed by atoms with Gasteiger partial charge >= 0.3 is 0 Å². The van der Waals surface area contributed by atoms with Crippen molar-refractivity contribution in [1.82, 2.24) is 0 Å². The number of anilines is 3. The molecule has 0 aromatic heterocycles. The molecule has 42 heavy (non-hydrogen) atoms. The van der Waals surface area contributed by atoms with Gasteiger partial charge in [0.2, 0.25) is 0 Å². The van der Waals surface area contributed by atoms with Crippen LogP contribution in [0.15, 0.2) is 146 Å². The highest BCUT2D eigenvalue weighted by Crippen LogP contribution is 2.39. The summed E-state index contributed by atoms with van der Waals surface area (Å²) in [6.45, 7) is 4.44. The van der Waals surface area contributed by atoms with Gasteiger partial charge in [0.05, 0.1) is 5.69 Å². The first kappa shape index (κ1) is 28.6. The Hall–Kier alpha value is -4.88. The lowest BCUT2D eigenvalue weighted by atomic mass is 10.0. The number of allylic oxidation sites excluding steroid dienone is 3. The van der Waals surface area contributed by atoms with E-state index in [2.05, 4.69) is 177 Å². The van der Waals surface area contributed by atoms with Crippen LogP contribution < -0.4 is 4.90 Å². The van der Waals surface area contributed by atoms with E-state index >= 15 is 0 Å². The summed E-state index contributed by atoms with van der Waals surface area (Å²) in [5, 5.41) is 0. The second kappa shape index (κ2) is 14.7. The maximum atomic E-state index is 2.40. The Morgan fingerprint density at radius 2 is 1.10 bits per heavy atom. The molecule has 0 bridgehead atoms. The van der Waals surface area contributed by atoms with Crippen molar-refractivity contribution in [2.45, 2.75) is 33.1 Å². The first-order valence-electron chi connectivity index (χ1n) is 14.9. The van der Waals surface area contributed by atoms with E-state index in [9.17, 15) is 0 Å². The molecule has 0 aliphatic rings. The lowest BCUT2D eigenvalue weighted by Crippen LogP contribution is -2.13. The molecule has 5 rings (SSSR count). The van der Waals surface area contributed by atoms with Gasteiger partial charge in [-0.1, -0.05) is 147 Å². The monoisotopic (exact) mass is 545 g/mol. The second-order valence-corrected chi connectivity index (χ2v) is 10.5. The summed E-state index contributed by atoms with van der Waals surface area (Å²) in [5.74, 6) is 0. The SMILES string of the molecule is CCc1cccc(C)c1N(c1ccc(/C=C/C=C/c2ccccc2)cc1)c1ccc(/C=C/CCc2ccccc2)cc1. The molecule has 0 aliphatic carbocycles. The maximum absolute atomic E-state index is 2.40. The fraction of sp³-hybridized carbons (Fsp3) is 0.122. The minimum Gasteiger partial charge on any atom is -0.310 e. The Labute approximate surface area is 251 Å². The summed E-state index contributed by atoms with van der Waals surface area (Å²) >= 11 is 0. The van der Waals surface area contributed by atoms with E-state index in [-0.39, 0.29) is 0 Å². The Morgan fingerprint density at radius 1 is 0.548 bits per heavy atom. The van der Waals surface area contributed by atoms with Crippen molar-refractivity contribution < 1.29 is 0 Å². The van der Waals surface area contributed by atoms with Gasteiger partial charge in [0.15, 0.2) is 0 Å². The van der Waals surface area contributed by atoms with Gasteiger partial charge < -0.3 is 4.90 Å². The van der Waals surface area contributed by atoms with Gasteiger partial charge in [0.25, 0.3) is 0 Å². The molecule has 5 aromatic carbocycles. The van der Waals surface area contributed by atoms with E-state index in [0.717, 1.165) is 30.6 Å².